The van der Waals surface area contributed by atoms with Gasteiger partial charge in [-0.3, -0.25) is 4.79 Å². The van der Waals surface area contributed by atoms with E-state index < -0.39 is 12.1 Å². The van der Waals surface area contributed by atoms with Crippen molar-refractivity contribution in [3.63, 3.8) is 0 Å². The van der Waals surface area contributed by atoms with Gasteiger partial charge in [0.1, 0.15) is 0 Å². The first-order valence-electron chi connectivity index (χ1n) is 7.64. The average molecular weight is 297 g/mol. The lowest BCUT2D eigenvalue weighted by molar-refractivity contribution is -0.158. The fourth-order valence-electron chi connectivity index (χ4n) is 2.57. The van der Waals surface area contributed by atoms with E-state index in [2.05, 4.69) is 25.7 Å². The molecule has 1 fully saturated rings. The SMILES string of the molecule is C=CCOC(C)C(=O)OCC(=O)NC1CCCC(C)C1C. The Balaban J connectivity index is 2.30. The third-order valence-corrected chi connectivity index (χ3v) is 4.19. The molecule has 21 heavy (non-hydrogen) atoms. The second-order valence-corrected chi connectivity index (χ2v) is 5.81. The Hall–Kier alpha value is -1.36. The molecule has 0 bridgehead atoms. The zero-order valence-electron chi connectivity index (χ0n) is 13.3. The number of carbonyl (C=O) groups excluding carboxylic acids is 2. The van der Waals surface area contributed by atoms with Crippen molar-refractivity contribution in [3.8, 4) is 0 Å². The highest BCUT2D eigenvalue weighted by Crippen LogP contribution is 2.29. The summed E-state index contributed by atoms with van der Waals surface area (Å²) in [6, 6.07) is 0.175. The Morgan fingerprint density at radius 3 is 2.76 bits per heavy atom. The number of esters is 1. The van der Waals surface area contributed by atoms with Gasteiger partial charge in [0.25, 0.3) is 5.91 Å². The van der Waals surface area contributed by atoms with Crippen LogP contribution in [0.25, 0.3) is 0 Å². The lowest BCUT2D eigenvalue weighted by Gasteiger charge is -2.34. The van der Waals surface area contributed by atoms with E-state index in [1.54, 1.807) is 13.0 Å². The Morgan fingerprint density at radius 2 is 2.10 bits per heavy atom. The van der Waals surface area contributed by atoms with Crippen molar-refractivity contribution in [2.75, 3.05) is 13.2 Å². The fraction of sp³-hybridized carbons (Fsp3) is 0.750. The molecule has 4 atom stereocenters. The predicted molar refractivity (Wildman–Crippen MR) is 80.7 cm³/mol. The largest absolute Gasteiger partial charge is 0.454 e. The van der Waals surface area contributed by atoms with Crippen LogP contribution in [0.4, 0.5) is 0 Å². The molecule has 1 aliphatic carbocycles. The first kappa shape index (κ1) is 17.7. The summed E-state index contributed by atoms with van der Waals surface area (Å²) in [7, 11) is 0. The van der Waals surface area contributed by atoms with Gasteiger partial charge >= 0.3 is 5.97 Å². The van der Waals surface area contributed by atoms with E-state index in [-0.39, 0.29) is 25.2 Å². The highest BCUT2D eigenvalue weighted by Gasteiger charge is 2.28. The summed E-state index contributed by atoms with van der Waals surface area (Å²) >= 11 is 0. The van der Waals surface area contributed by atoms with Crippen molar-refractivity contribution >= 4 is 11.9 Å². The van der Waals surface area contributed by atoms with E-state index >= 15 is 0 Å². The molecule has 120 valence electrons. The Bertz CT molecular complexity index is 369. The molecule has 5 nitrogen and oxygen atoms in total. The van der Waals surface area contributed by atoms with Crippen LogP contribution in [0.5, 0.6) is 0 Å². The number of hydrogen-bond donors (Lipinski definition) is 1. The molecule has 0 aliphatic heterocycles. The van der Waals surface area contributed by atoms with Crippen LogP contribution in [0.3, 0.4) is 0 Å². The summed E-state index contributed by atoms with van der Waals surface area (Å²) in [5.41, 5.74) is 0. The van der Waals surface area contributed by atoms with E-state index in [1.165, 1.54) is 6.42 Å². The van der Waals surface area contributed by atoms with E-state index in [0.717, 1.165) is 12.8 Å². The van der Waals surface area contributed by atoms with Gasteiger partial charge in [-0.1, -0.05) is 32.8 Å². The van der Waals surface area contributed by atoms with Gasteiger partial charge in [0.15, 0.2) is 12.7 Å². The molecule has 0 spiro atoms. The molecule has 0 aromatic rings. The molecule has 1 N–H and O–H groups in total. The molecule has 0 aromatic carbocycles. The van der Waals surface area contributed by atoms with Gasteiger partial charge in [-0.25, -0.2) is 4.79 Å². The van der Waals surface area contributed by atoms with Gasteiger partial charge in [-0.15, -0.1) is 6.58 Å². The number of hydrogen-bond acceptors (Lipinski definition) is 4. The average Bonchev–Trinajstić information content (AvgIpc) is 2.47. The van der Waals surface area contributed by atoms with Crippen molar-refractivity contribution in [1.82, 2.24) is 5.32 Å². The highest BCUT2D eigenvalue weighted by atomic mass is 16.6. The Morgan fingerprint density at radius 1 is 1.38 bits per heavy atom. The van der Waals surface area contributed by atoms with Gasteiger partial charge in [0, 0.05) is 6.04 Å². The maximum Gasteiger partial charge on any atom is 0.335 e. The molecule has 0 radical (unpaired) electrons. The van der Waals surface area contributed by atoms with E-state index in [1.807, 2.05) is 0 Å². The minimum absolute atomic E-state index is 0.175. The molecule has 0 aromatic heterocycles. The first-order chi connectivity index (χ1) is 9.95. The zero-order valence-corrected chi connectivity index (χ0v) is 13.3. The third-order valence-electron chi connectivity index (χ3n) is 4.19. The molecule has 4 unspecified atom stereocenters. The smallest absolute Gasteiger partial charge is 0.335 e. The van der Waals surface area contributed by atoms with Crippen molar-refractivity contribution < 1.29 is 19.1 Å². The van der Waals surface area contributed by atoms with Gasteiger partial charge in [0.2, 0.25) is 0 Å². The summed E-state index contributed by atoms with van der Waals surface area (Å²) in [6.07, 6.45) is 4.19. The Kier molecular flexibility index (Phi) is 7.43. The van der Waals surface area contributed by atoms with Crippen LogP contribution < -0.4 is 5.32 Å². The zero-order chi connectivity index (χ0) is 15.8. The number of rotatable bonds is 7. The van der Waals surface area contributed by atoms with Crippen LogP contribution in [0.2, 0.25) is 0 Å². The molecule has 0 heterocycles. The lowest BCUT2D eigenvalue weighted by Crippen LogP contribution is -2.45. The molecule has 1 rings (SSSR count). The minimum Gasteiger partial charge on any atom is -0.454 e. The molecule has 1 saturated carbocycles. The van der Waals surface area contributed by atoms with Crippen molar-refractivity contribution in [1.29, 1.82) is 0 Å². The van der Waals surface area contributed by atoms with Crippen LogP contribution in [-0.2, 0) is 19.1 Å². The standard InChI is InChI=1S/C16H27NO4/c1-5-9-20-13(4)16(19)21-10-15(18)17-14-8-6-7-11(2)12(14)3/h5,11-14H,1,6-10H2,2-4H3,(H,17,18). The second kappa shape index (κ2) is 8.82. The lowest BCUT2D eigenvalue weighted by atomic mass is 9.78. The van der Waals surface area contributed by atoms with E-state index in [0.29, 0.717) is 11.8 Å². The number of carbonyl (C=O) groups is 2. The molecular weight excluding hydrogens is 270 g/mol. The molecule has 1 amide bonds. The molecule has 1 aliphatic rings. The normalized spacial score (nSPS) is 26.7. The summed E-state index contributed by atoms with van der Waals surface area (Å²) in [5, 5.41) is 2.96. The van der Waals surface area contributed by atoms with Crippen LogP contribution in [0, 0.1) is 11.8 Å². The highest BCUT2D eigenvalue weighted by molar-refractivity contribution is 5.82. The second-order valence-electron chi connectivity index (χ2n) is 5.81. The fourth-order valence-corrected chi connectivity index (χ4v) is 2.57. The van der Waals surface area contributed by atoms with Crippen LogP contribution in [0.1, 0.15) is 40.0 Å². The van der Waals surface area contributed by atoms with E-state index in [9.17, 15) is 9.59 Å². The van der Waals surface area contributed by atoms with Gasteiger partial charge in [-0.2, -0.15) is 0 Å². The van der Waals surface area contributed by atoms with Gasteiger partial charge in [-0.05, 0) is 25.2 Å². The first-order valence-corrected chi connectivity index (χ1v) is 7.64. The summed E-state index contributed by atoms with van der Waals surface area (Å²) < 4.78 is 10.1. The Labute approximate surface area is 127 Å². The number of amides is 1. The number of nitrogens with one attached hydrogen (secondary N) is 1. The monoisotopic (exact) mass is 297 g/mol. The van der Waals surface area contributed by atoms with Crippen LogP contribution in [0.15, 0.2) is 12.7 Å². The van der Waals surface area contributed by atoms with Gasteiger partial charge in [0.05, 0.1) is 6.61 Å². The van der Waals surface area contributed by atoms with Crippen molar-refractivity contribution in [2.24, 2.45) is 11.8 Å². The quantitative estimate of drug-likeness (QED) is 0.577. The topological polar surface area (TPSA) is 64.6 Å². The summed E-state index contributed by atoms with van der Waals surface area (Å²) in [6.45, 7) is 9.49. The molecule has 5 heteroatoms. The summed E-state index contributed by atoms with van der Waals surface area (Å²) in [4.78, 5) is 23.5. The predicted octanol–water partition coefficient (Wildman–Crippen LogP) is 2.06. The van der Waals surface area contributed by atoms with Crippen LogP contribution >= 0.6 is 0 Å². The van der Waals surface area contributed by atoms with Crippen molar-refractivity contribution in [2.45, 2.75) is 52.2 Å². The third kappa shape index (κ3) is 5.87. The van der Waals surface area contributed by atoms with Crippen molar-refractivity contribution in [3.05, 3.63) is 12.7 Å². The maximum atomic E-state index is 11.9. The van der Waals surface area contributed by atoms with Crippen LogP contribution in [-0.4, -0.2) is 37.2 Å². The molecule has 0 saturated heterocycles. The number of ether oxygens (including phenoxy) is 2. The van der Waals surface area contributed by atoms with E-state index in [4.69, 9.17) is 9.47 Å². The molecular formula is C16H27NO4. The minimum atomic E-state index is -0.690. The van der Waals surface area contributed by atoms with Gasteiger partial charge < -0.3 is 14.8 Å². The maximum absolute atomic E-state index is 11.9. The summed E-state index contributed by atoms with van der Waals surface area (Å²) in [5.74, 6) is 0.287.